The second kappa shape index (κ2) is 49.8. The second-order valence-corrected chi connectivity index (χ2v) is 20.1. The van der Waals surface area contributed by atoms with Crippen molar-refractivity contribution in [3.8, 4) is 0 Å². The fraction of sp³-hybridized carbons (Fsp3) is 0.947. The van der Waals surface area contributed by atoms with Crippen molar-refractivity contribution in [2.24, 2.45) is 11.8 Å². The van der Waals surface area contributed by atoms with E-state index in [1.165, 1.54) is 205 Å². The van der Waals surface area contributed by atoms with Crippen molar-refractivity contribution in [2.45, 2.75) is 323 Å². The van der Waals surface area contributed by atoms with Gasteiger partial charge in [0.25, 0.3) is 0 Å². The lowest BCUT2D eigenvalue weighted by atomic mass is 9.99. The molecule has 0 aliphatic carbocycles. The Morgan fingerprint density at radius 1 is 0.317 bits per heavy atom. The van der Waals surface area contributed by atoms with Crippen molar-refractivity contribution in [1.82, 2.24) is 0 Å². The van der Waals surface area contributed by atoms with Gasteiger partial charge in [0, 0.05) is 19.3 Å². The molecule has 0 saturated heterocycles. The first kappa shape index (κ1) is 61.4. The van der Waals surface area contributed by atoms with Crippen LogP contribution in [-0.2, 0) is 28.6 Å². The Morgan fingerprint density at radius 2 is 0.556 bits per heavy atom. The lowest BCUT2D eigenvalue weighted by molar-refractivity contribution is -0.167. The van der Waals surface area contributed by atoms with E-state index in [9.17, 15) is 14.4 Å². The van der Waals surface area contributed by atoms with Crippen LogP contribution in [0.15, 0.2) is 0 Å². The predicted molar refractivity (Wildman–Crippen MR) is 270 cm³/mol. The molecule has 0 radical (unpaired) electrons. The molecule has 0 aromatic carbocycles. The molecule has 374 valence electrons. The van der Waals surface area contributed by atoms with Gasteiger partial charge in [0.2, 0.25) is 0 Å². The number of hydrogen-bond acceptors (Lipinski definition) is 6. The van der Waals surface area contributed by atoms with Crippen molar-refractivity contribution in [1.29, 1.82) is 0 Å². The van der Waals surface area contributed by atoms with E-state index in [0.29, 0.717) is 19.3 Å². The van der Waals surface area contributed by atoms with Gasteiger partial charge in [-0.25, -0.2) is 0 Å². The van der Waals surface area contributed by atoms with Gasteiger partial charge < -0.3 is 14.2 Å². The minimum Gasteiger partial charge on any atom is -0.462 e. The fourth-order valence-electron chi connectivity index (χ4n) is 8.63. The summed E-state index contributed by atoms with van der Waals surface area (Å²) in [4.78, 5) is 38.0. The predicted octanol–water partition coefficient (Wildman–Crippen LogP) is 18.5. The van der Waals surface area contributed by atoms with Crippen LogP contribution in [0.1, 0.15) is 317 Å². The molecule has 0 amide bonds. The molecule has 6 nitrogen and oxygen atoms in total. The van der Waals surface area contributed by atoms with Gasteiger partial charge in [-0.1, -0.05) is 279 Å². The van der Waals surface area contributed by atoms with Crippen LogP contribution in [0.25, 0.3) is 0 Å². The van der Waals surface area contributed by atoms with Crippen LogP contribution in [0.4, 0.5) is 0 Å². The summed E-state index contributed by atoms with van der Waals surface area (Å²) in [5.41, 5.74) is 0. The van der Waals surface area contributed by atoms with Crippen molar-refractivity contribution in [3.05, 3.63) is 0 Å². The van der Waals surface area contributed by atoms with Crippen molar-refractivity contribution in [3.63, 3.8) is 0 Å². The molecule has 2 unspecified atom stereocenters. The number of carbonyl (C=O) groups excluding carboxylic acids is 3. The molecule has 0 aromatic rings. The highest BCUT2D eigenvalue weighted by Crippen LogP contribution is 2.19. The Kier molecular flexibility index (Phi) is 48.6. The molecule has 0 heterocycles. The molecule has 0 rings (SSSR count). The summed E-state index contributed by atoms with van der Waals surface area (Å²) in [6.45, 7) is 11.4. The third-order valence-electron chi connectivity index (χ3n) is 13.7. The second-order valence-electron chi connectivity index (χ2n) is 20.1. The molecule has 0 aliphatic heterocycles. The molecular formula is C57H110O6. The minimum absolute atomic E-state index is 0.0640. The Labute approximate surface area is 393 Å². The van der Waals surface area contributed by atoms with Gasteiger partial charge in [-0.2, -0.15) is 0 Å². The molecule has 0 saturated carbocycles. The smallest absolute Gasteiger partial charge is 0.306 e. The van der Waals surface area contributed by atoms with Gasteiger partial charge in [0.05, 0.1) is 0 Å². The number of rotatable bonds is 51. The van der Waals surface area contributed by atoms with E-state index in [0.717, 1.165) is 69.6 Å². The molecule has 0 N–H and O–H groups in total. The first-order valence-electron chi connectivity index (χ1n) is 28.3. The minimum atomic E-state index is -0.763. The number of carbonyl (C=O) groups is 3. The van der Waals surface area contributed by atoms with E-state index < -0.39 is 6.10 Å². The highest BCUT2D eigenvalue weighted by atomic mass is 16.6. The van der Waals surface area contributed by atoms with E-state index in [2.05, 4.69) is 34.6 Å². The summed E-state index contributed by atoms with van der Waals surface area (Å²) in [6, 6.07) is 0. The summed E-state index contributed by atoms with van der Waals surface area (Å²) < 4.78 is 16.9. The molecule has 63 heavy (non-hydrogen) atoms. The van der Waals surface area contributed by atoms with Gasteiger partial charge >= 0.3 is 17.9 Å². The molecule has 0 fully saturated rings. The van der Waals surface area contributed by atoms with E-state index in [1.807, 2.05) is 0 Å². The first-order chi connectivity index (χ1) is 30.8. The summed E-state index contributed by atoms with van der Waals surface area (Å²) in [6.07, 6.45) is 52.3. The SMILES string of the molecule is CCCCCCCCCCCCCCCCCCCC(=O)OC[C@H](COC(=O)CCCCCCCCCCCCCCCCC(C)CC)OC(=O)CCCCCCCCC(C)CC. The Balaban J connectivity index is 4.23. The lowest BCUT2D eigenvalue weighted by Gasteiger charge is -2.18. The third kappa shape index (κ3) is 48.2. The summed E-state index contributed by atoms with van der Waals surface area (Å²) in [5.74, 6) is 0.860. The molecular weight excluding hydrogens is 781 g/mol. The number of unbranched alkanes of at least 4 members (excludes halogenated alkanes) is 34. The molecule has 6 heteroatoms. The maximum atomic E-state index is 12.8. The molecule has 0 bridgehead atoms. The lowest BCUT2D eigenvalue weighted by Crippen LogP contribution is -2.30. The van der Waals surface area contributed by atoms with Crippen LogP contribution < -0.4 is 0 Å². The largest absolute Gasteiger partial charge is 0.462 e. The van der Waals surface area contributed by atoms with Gasteiger partial charge in [-0.15, -0.1) is 0 Å². The quantitative estimate of drug-likeness (QED) is 0.0344. The maximum Gasteiger partial charge on any atom is 0.306 e. The van der Waals surface area contributed by atoms with E-state index >= 15 is 0 Å². The number of esters is 3. The first-order valence-corrected chi connectivity index (χ1v) is 28.3. The van der Waals surface area contributed by atoms with Gasteiger partial charge in [0.1, 0.15) is 13.2 Å². The van der Waals surface area contributed by atoms with Gasteiger partial charge in [-0.3, -0.25) is 14.4 Å². The van der Waals surface area contributed by atoms with E-state index in [4.69, 9.17) is 14.2 Å². The van der Waals surface area contributed by atoms with E-state index in [-0.39, 0.29) is 31.1 Å². The van der Waals surface area contributed by atoms with Crippen LogP contribution in [0.2, 0.25) is 0 Å². The van der Waals surface area contributed by atoms with Crippen molar-refractivity contribution in [2.75, 3.05) is 13.2 Å². The summed E-state index contributed by atoms with van der Waals surface area (Å²) in [7, 11) is 0. The highest BCUT2D eigenvalue weighted by Gasteiger charge is 2.19. The monoisotopic (exact) mass is 891 g/mol. The van der Waals surface area contributed by atoms with Gasteiger partial charge in [-0.05, 0) is 31.1 Å². The fourth-order valence-corrected chi connectivity index (χ4v) is 8.63. The Bertz CT molecular complexity index is 966. The van der Waals surface area contributed by atoms with E-state index in [1.54, 1.807) is 0 Å². The zero-order valence-electron chi connectivity index (χ0n) is 43.2. The summed E-state index contributed by atoms with van der Waals surface area (Å²) >= 11 is 0. The molecule has 0 aliphatic rings. The van der Waals surface area contributed by atoms with Crippen LogP contribution in [0, 0.1) is 11.8 Å². The number of hydrogen-bond donors (Lipinski definition) is 0. The normalized spacial score (nSPS) is 12.9. The van der Waals surface area contributed by atoms with Gasteiger partial charge in [0.15, 0.2) is 6.10 Å². The van der Waals surface area contributed by atoms with Crippen LogP contribution in [-0.4, -0.2) is 37.2 Å². The zero-order chi connectivity index (χ0) is 46.1. The Hall–Kier alpha value is -1.59. The number of ether oxygens (including phenoxy) is 3. The Morgan fingerprint density at radius 3 is 0.825 bits per heavy atom. The topological polar surface area (TPSA) is 78.9 Å². The highest BCUT2D eigenvalue weighted by molar-refractivity contribution is 5.71. The molecule has 3 atom stereocenters. The van der Waals surface area contributed by atoms with Crippen LogP contribution in [0.3, 0.4) is 0 Å². The zero-order valence-corrected chi connectivity index (χ0v) is 43.2. The average Bonchev–Trinajstić information content (AvgIpc) is 3.28. The molecule has 0 aromatic heterocycles. The standard InChI is InChI=1S/C57H110O6/c1-6-9-10-11-12-13-14-15-16-17-18-22-25-28-31-37-42-47-55(58)61-50-54(63-57(60)49-44-39-34-33-36-41-46-53(5)8-3)51-62-56(59)48-43-38-32-29-26-23-20-19-21-24-27-30-35-40-45-52(4)7-2/h52-54H,6-51H2,1-5H3/t52?,53?,54-/m1/s1. The summed E-state index contributed by atoms with van der Waals surface area (Å²) in [5, 5.41) is 0. The molecule has 0 spiro atoms. The maximum absolute atomic E-state index is 12.8. The van der Waals surface area contributed by atoms with Crippen LogP contribution in [0.5, 0.6) is 0 Å². The third-order valence-corrected chi connectivity index (χ3v) is 13.7. The van der Waals surface area contributed by atoms with Crippen molar-refractivity contribution < 1.29 is 28.6 Å². The van der Waals surface area contributed by atoms with Crippen molar-refractivity contribution >= 4 is 17.9 Å². The van der Waals surface area contributed by atoms with Crippen LogP contribution >= 0.6 is 0 Å². The average molecular weight is 892 g/mol.